The Balaban J connectivity index is 1.68. The second kappa shape index (κ2) is 7.94. The summed E-state index contributed by atoms with van der Waals surface area (Å²) in [6.07, 6.45) is 7.80. The molecule has 2 fully saturated rings. The molecule has 0 radical (unpaired) electrons. The molecule has 0 amide bonds. The van der Waals surface area contributed by atoms with Crippen molar-refractivity contribution in [3.63, 3.8) is 0 Å². The van der Waals surface area contributed by atoms with Gasteiger partial charge in [-0.15, -0.1) is 0 Å². The van der Waals surface area contributed by atoms with E-state index < -0.39 is 10.0 Å². The monoisotopic (exact) mass is 334 g/mol. The molecule has 2 atom stereocenters. The van der Waals surface area contributed by atoms with Gasteiger partial charge in [-0.2, -0.15) is 0 Å². The number of nitrogens with two attached hydrogens (primary N) is 1. The smallest absolute Gasteiger partial charge is 0.214 e. The van der Waals surface area contributed by atoms with Crippen molar-refractivity contribution >= 4 is 26.9 Å². The van der Waals surface area contributed by atoms with Gasteiger partial charge in [0.1, 0.15) is 0 Å². The molecule has 2 aliphatic carbocycles. The van der Waals surface area contributed by atoms with Gasteiger partial charge in [0, 0.05) is 24.3 Å². The summed E-state index contributed by atoms with van der Waals surface area (Å²) in [7, 11) is -3.24. The first-order chi connectivity index (χ1) is 10.0. The Morgan fingerprint density at radius 3 is 2.29 bits per heavy atom. The minimum Gasteiger partial charge on any atom is -0.327 e. The lowest BCUT2D eigenvalue weighted by Gasteiger charge is -2.20. The highest BCUT2D eigenvalue weighted by Gasteiger charge is 2.39. The Hall–Kier alpha value is -0.110. The van der Waals surface area contributed by atoms with Gasteiger partial charge in [0.15, 0.2) is 5.12 Å². The molecular formula is C14H26N2O3S2. The highest BCUT2D eigenvalue weighted by atomic mass is 32.2. The predicted octanol–water partition coefficient (Wildman–Crippen LogP) is 1.63. The number of thioether (sulfide) groups is 1. The molecule has 122 valence electrons. The zero-order chi connectivity index (χ0) is 15.3. The van der Waals surface area contributed by atoms with Gasteiger partial charge in [0.2, 0.25) is 10.0 Å². The van der Waals surface area contributed by atoms with Crippen LogP contribution in [0.15, 0.2) is 0 Å². The van der Waals surface area contributed by atoms with Crippen LogP contribution < -0.4 is 10.5 Å². The molecule has 0 heterocycles. The second-order valence-corrected chi connectivity index (χ2v) is 9.22. The summed E-state index contributed by atoms with van der Waals surface area (Å²) in [5.41, 5.74) is 5.62. The van der Waals surface area contributed by atoms with E-state index in [-0.39, 0.29) is 22.3 Å². The normalized spacial score (nSPS) is 27.9. The lowest BCUT2D eigenvalue weighted by molar-refractivity contribution is -0.112. The number of nitrogens with one attached hydrogen (secondary N) is 1. The van der Waals surface area contributed by atoms with Gasteiger partial charge in [-0.25, -0.2) is 13.1 Å². The van der Waals surface area contributed by atoms with Crippen LogP contribution in [0.3, 0.4) is 0 Å². The first kappa shape index (κ1) is 17.2. The predicted molar refractivity (Wildman–Crippen MR) is 86.6 cm³/mol. The Bertz CT molecular complexity index is 445. The van der Waals surface area contributed by atoms with Crippen molar-refractivity contribution in [2.24, 2.45) is 11.7 Å². The fraction of sp³-hybridized carbons (Fsp3) is 0.929. The first-order valence-electron chi connectivity index (χ1n) is 7.91. The van der Waals surface area contributed by atoms with E-state index in [2.05, 4.69) is 4.72 Å². The van der Waals surface area contributed by atoms with Gasteiger partial charge in [-0.3, -0.25) is 4.79 Å². The lowest BCUT2D eigenvalue weighted by Crippen LogP contribution is -2.36. The van der Waals surface area contributed by atoms with E-state index in [1.165, 1.54) is 18.2 Å². The van der Waals surface area contributed by atoms with Gasteiger partial charge >= 0.3 is 0 Å². The summed E-state index contributed by atoms with van der Waals surface area (Å²) < 4.78 is 27.2. The Labute approximate surface area is 131 Å². The third-order valence-corrected chi connectivity index (χ3v) is 7.23. The zero-order valence-corrected chi connectivity index (χ0v) is 14.1. The van der Waals surface area contributed by atoms with Gasteiger partial charge < -0.3 is 5.73 Å². The lowest BCUT2D eigenvalue weighted by atomic mass is 10.0. The molecule has 2 aliphatic rings. The number of sulfonamides is 1. The summed E-state index contributed by atoms with van der Waals surface area (Å²) in [5.74, 6) is 0.491. The number of hydrogen-bond acceptors (Lipinski definition) is 5. The maximum atomic E-state index is 12.3. The van der Waals surface area contributed by atoms with Crippen LogP contribution in [0.1, 0.15) is 51.4 Å². The number of carbonyl (C=O) groups is 1. The Morgan fingerprint density at radius 1 is 1.14 bits per heavy atom. The molecule has 0 aromatic heterocycles. The summed E-state index contributed by atoms with van der Waals surface area (Å²) >= 11 is 1.20. The van der Waals surface area contributed by atoms with Crippen molar-refractivity contribution in [3.8, 4) is 0 Å². The van der Waals surface area contributed by atoms with Crippen LogP contribution in [0.25, 0.3) is 0 Å². The van der Waals surface area contributed by atoms with Gasteiger partial charge in [0.05, 0.1) is 5.25 Å². The maximum absolute atomic E-state index is 12.3. The largest absolute Gasteiger partial charge is 0.327 e. The number of carbonyl (C=O) groups excluding carboxylic acids is 1. The molecule has 0 bridgehead atoms. The summed E-state index contributed by atoms with van der Waals surface area (Å²) in [4.78, 5) is 11.6. The molecular weight excluding hydrogens is 308 g/mol. The molecule has 0 spiro atoms. The number of rotatable bonds is 6. The maximum Gasteiger partial charge on any atom is 0.214 e. The fourth-order valence-electron chi connectivity index (χ4n) is 2.78. The van der Waals surface area contributed by atoms with Crippen molar-refractivity contribution < 1.29 is 13.2 Å². The van der Waals surface area contributed by atoms with Crippen molar-refractivity contribution in [1.29, 1.82) is 0 Å². The van der Waals surface area contributed by atoms with Gasteiger partial charge in [-0.05, 0) is 19.3 Å². The molecule has 2 unspecified atom stereocenters. The van der Waals surface area contributed by atoms with Crippen molar-refractivity contribution in [2.45, 2.75) is 62.7 Å². The van der Waals surface area contributed by atoms with Gasteiger partial charge in [-0.1, -0.05) is 43.9 Å². The van der Waals surface area contributed by atoms with Crippen LogP contribution in [0, 0.1) is 5.92 Å². The van der Waals surface area contributed by atoms with Crippen LogP contribution in [0.5, 0.6) is 0 Å². The van der Waals surface area contributed by atoms with Crippen LogP contribution in [0.2, 0.25) is 0 Å². The van der Waals surface area contributed by atoms with Gasteiger partial charge in [0.25, 0.3) is 0 Å². The standard InChI is InChI=1S/C14H26N2O3S2/c15-13-10-12(13)14(17)20-9-8-16-21(18,19)11-6-4-2-1-3-5-7-11/h11-13,16H,1-10,15H2. The molecule has 7 heteroatoms. The summed E-state index contributed by atoms with van der Waals surface area (Å²) in [5, 5.41) is -0.150. The van der Waals surface area contributed by atoms with Crippen LogP contribution >= 0.6 is 11.8 Å². The van der Waals surface area contributed by atoms with E-state index in [1.807, 2.05) is 0 Å². The van der Waals surface area contributed by atoms with E-state index in [0.29, 0.717) is 12.3 Å². The average Bonchev–Trinajstić information content (AvgIpc) is 3.11. The number of hydrogen-bond donors (Lipinski definition) is 2. The third kappa shape index (κ3) is 5.54. The van der Waals surface area contributed by atoms with E-state index in [4.69, 9.17) is 5.73 Å². The quantitative estimate of drug-likeness (QED) is 0.721. The van der Waals surface area contributed by atoms with E-state index in [9.17, 15) is 13.2 Å². The first-order valence-corrected chi connectivity index (χ1v) is 10.4. The highest BCUT2D eigenvalue weighted by Crippen LogP contribution is 2.32. The molecule has 2 saturated carbocycles. The molecule has 0 aromatic carbocycles. The zero-order valence-electron chi connectivity index (χ0n) is 12.4. The van der Waals surface area contributed by atoms with Crippen LogP contribution in [0.4, 0.5) is 0 Å². The SMILES string of the molecule is NC1CC1C(=O)SCCNS(=O)(=O)C1CCCCCCC1. The fourth-order valence-corrected chi connectivity index (χ4v) is 5.37. The molecule has 2 rings (SSSR count). The summed E-state index contributed by atoms with van der Waals surface area (Å²) in [6.45, 7) is 0.331. The van der Waals surface area contributed by atoms with Crippen molar-refractivity contribution in [1.82, 2.24) is 4.72 Å². The third-order valence-electron chi connectivity index (χ3n) is 4.28. The molecule has 21 heavy (non-hydrogen) atoms. The summed E-state index contributed by atoms with van der Waals surface area (Å²) in [6, 6.07) is 0.0246. The average molecular weight is 335 g/mol. The van der Waals surface area contributed by atoms with E-state index in [0.717, 1.165) is 44.9 Å². The van der Waals surface area contributed by atoms with Crippen LogP contribution in [-0.2, 0) is 14.8 Å². The topological polar surface area (TPSA) is 89.3 Å². The minimum absolute atomic E-state index is 0.00258. The second-order valence-electron chi connectivity index (χ2n) is 6.08. The molecule has 3 N–H and O–H groups in total. The Kier molecular flexibility index (Phi) is 6.52. The van der Waals surface area contributed by atoms with Crippen LogP contribution in [-0.4, -0.2) is 37.1 Å². The molecule has 0 aromatic rings. The minimum atomic E-state index is -3.24. The van der Waals surface area contributed by atoms with E-state index in [1.54, 1.807) is 0 Å². The van der Waals surface area contributed by atoms with Crippen molar-refractivity contribution in [3.05, 3.63) is 0 Å². The highest BCUT2D eigenvalue weighted by molar-refractivity contribution is 8.13. The molecule has 0 saturated heterocycles. The Morgan fingerprint density at radius 2 is 1.71 bits per heavy atom. The van der Waals surface area contributed by atoms with Crippen molar-refractivity contribution in [2.75, 3.05) is 12.3 Å². The van der Waals surface area contributed by atoms with E-state index >= 15 is 0 Å². The molecule has 0 aliphatic heterocycles. The molecule has 5 nitrogen and oxygen atoms in total.